The standard InChI is InChI=1S/C48H49F2N7O5/c49-40-26-33(27-41(50)39(40)30-55-21-23-62-24-22-55)36-9-6-8-32-11-13-42(52-45(32)36)34-28-51-56(29-34)35-16-19-54(20-17-35)18-5-3-1-2-4-7-31-10-12-37-38(25-31)48(61)57(47(37)60)43-14-15-44(58)53-46(43)59/h6,8-13,25-28,34-35,43H,1-3,5,14-24,29-30H2,(H,53,58,59). The Bertz CT molecular complexity index is 2480. The number of unbranched alkanes of at least 4 members (excludes halogenated alkanes) is 3. The molecule has 0 spiro atoms. The molecule has 5 aliphatic heterocycles. The van der Waals surface area contributed by atoms with Crippen LogP contribution >= 0.6 is 0 Å². The number of carbonyl (C=O) groups excluding carboxylic acids is 4. The molecule has 14 heteroatoms. The molecule has 3 fully saturated rings. The Morgan fingerprint density at radius 1 is 0.806 bits per heavy atom. The summed E-state index contributed by atoms with van der Waals surface area (Å²) in [5.41, 5.74) is 3.98. The van der Waals surface area contributed by atoms with Gasteiger partial charge in [0.2, 0.25) is 11.8 Å². The molecule has 0 saturated carbocycles. The van der Waals surface area contributed by atoms with Crippen LogP contribution in [0.1, 0.15) is 94.8 Å². The second-order valence-corrected chi connectivity index (χ2v) is 16.8. The van der Waals surface area contributed by atoms with Gasteiger partial charge in [0.25, 0.3) is 11.8 Å². The summed E-state index contributed by atoms with van der Waals surface area (Å²) in [5.74, 6) is 3.15. The molecule has 320 valence electrons. The molecule has 3 aromatic carbocycles. The van der Waals surface area contributed by atoms with E-state index in [9.17, 15) is 19.2 Å². The lowest BCUT2D eigenvalue weighted by atomic mass is 9.98. The van der Waals surface area contributed by atoms with Crippen LogP contribution in [0.25, 0.3) is 22.0 Å². The minimum Gasteiger partial charge on any atom is -0.379 e. The molecule has 62 heavy (non-hydrogen) atoms. The number of para-hydroxylation sites is 1. The topological polar surface area (TPSA) is 128 Å². The van der Waals surface area contributed by atoms with Gasteiger partial charge in [0.15, 0.2) is 0 Å². The molecule has 4 aromatic rings. The molecule has 2 atom stereocenters. The molecule has 5 aliphatic rings. The average molecular weight is 842 g/mol. The first-order chi connectivity index (χ1) is 30.2. The molecule has 2 unspecified atom stereocenters. The van der Waals surface area contributed by atoms with E-state index in [4.69, 9.17) is 14.8 Å². The Kier molecular flexibility index (Phi) is 12.2. The highest BCUT2D eigenvalue weighted by molar-refractivity contribution is 6.23. The number of amides is 4. The van der Waals surface area contributed by atoms with Crippen molar-refractivity contribution in [2.45, 2.75) is 75.9 Å². The van der Waals surface area contributed by atoms with E-state index >= 15 is 8.78 Å². The van der Waals surface area contributed by atoms with E-state index in [-0.39, 0.29) is 42.0 Å². The number of hydrogen-bond donors (Lipinski definition) is 1. The Morgan fingerprint density at radius 3 is 2.39 bits per heavy atom. The Balaban J connectivity index is 0.721. The summed E-state index contributed by atoms with van der Waals surface area (Å²) in [6.07, 6.45) is 8.05. The third kappa shape index (κ3) is 8.75. The van der Waals surface area contributed by atoms with Gasteiger partial charge in [-0.1, -0.05) is 42.5 Å². The maximum absolute atomic E-state index is 15.4. The number of ether oxygens (including phenoxy) is 1. The van der Waals surface area contributed by atoms with Crippen LogP contribution in [0, 0.1) is 23.5 Å². The van der Waals surface area contributed by atoms with Crippen molar-refractivity contribution in [3.05, 3.63) is 100 Å². The van der Waals surface area contributed by atoms with Gasteiger partial charge in [-0.15, -0.1) is 0 Å². The number of hydrogen-bond acceptors (Lipinski definition) is 10. The number of likely N-dealkylation sites (tertiary alicyclic amines) is 1. The van der Waals surface area contributed by atoms with Crippen molar-refractivity contribution in [3.8, 4) is 23.0 Å². The summed E-state index contributed by atoms with van der Waals surface area (Å²) in [4.78, 5) is 60.5. The number of imide groups is 2. The Labute approximate surface area is 359 Å². The molecule has 0 radical (unpaired) electrons. The summed E-state index contributed by atoms with van der Waals surface area (Å²) < 4.78 is 36.2. The lowest BCUT2D eigenvalue weighted by Crippen LogP contribution is -2.54. The number of halogens is 2. The van der Waals surface area contributed by atoms with Gasteiger partial charge in [-0.2, -0.15) is 5.10 Å². The molecular weight excluding hydrogens is 793 g/mol. The van der Waals surface area contributed by atoms with E-state index in [1.165, 1.54) is 12.1 Å². The second kappa shape index (κ2) is 18.2. The third-order valence-electron chi connectivity index (χ3n) is 12.8. The van der Waals surface area contributed by atoms with Crippen molar-refractivity contribution in [1.29, 1.82) is 0 Å². The second-order valence-electron chi connectivity index (χ2n) is 16.8. The number of nitrogens with one attached hydrogen (secondary N) is 1. The summed E-state index contributed by atoms with van der Waals surface area (Å²) in [5, 5.41) is 10.2. The van der Waals surface area contributed by atoms with Crippen molar-refractivity contribution in [3.63, 3.8) is 0 Å². The summed E-state index contributed by atoms with van der Waals surface area (Å²) in [6, 6.07) is 17.0. The lowest BCUT2D eigenvalue weighted by Gasteiger charge is -2.36. The number of nitrogens with zero attached hydrogens (tertiary/aromatic N) is 6. The van der Waals surface area contributed by atoms with E-state index in [1.54, 1.807) is 18.2 Å². The fraction of sp³-hybridized carbons (Fsp3) is 0.417. The predicted molar refractivity (Wildman–Crippen MR) is 229 cm³/mol. The smallest absolute Gasteiger partial charge is 0.262 e. The fourth-order valence-corrected chi connectivity index (χ4v) is 9.25. The van der Waals surface area contributed by atoms with Gasteiger partial charge in [0.1, 0.15) is 17.7 Å². The van der Waals surface area contributed by atoms with Gasteiger partial charge in [0, 0.05) is 86.4 Å². The molecule has 9 rings (SSSR count). The van der Waals surface area contributed by atoms with Crippen LogP contribution in [0.5, 0.6) is 0 Å². The maximum atomic E-state index is 15.4. The number of carbonyl (C=O) groups is 4. The summed E-state index contributed by atoms with van der Waals surface area (Å²) >= 11 is 0. The number of aromatic nitrogens is 1. The zero-order chi connectivity index (χ0) is 42.7. The molecule has 12 nitrogen and oxygen atoms in total. The van der Waals surface area contributed by atoms with Gasteiger partial charge in [-0.3, -0.25) is 44.3 Å². The number of fused-ring (bicyclic) bond motifs is 2. The quantitative estimate of drug-likeness (QED) is 0.112. The zero-order valence-electron chi connectivity index (χ0n) is 34.6. The highest BCUT2D eigenvalue weighted by atomic mass is 19.1. The third-order valence-corrected chi connectivity index (χ3v) is 12.8. The van der Waals surface area contributed by atoms with Crippen LogP contribution in [-0.4, -0.2) is 119 Å². The van der Waals surface area contributed by atoms with Crippen molar-refractivity contribution < 1.29 is 32.7 Å². The SMILES string of the molecule is O=C1CCC(N2C(=O)c3ccc(C#CCCCCCN4CCC(N5CC(c6ccc7cccc(-c8cc(F)c(CN9CCOCC9)c(F)c8)c7n6)C=N5)CC4)cc3C2=O)C(=O)N1. The Hall–Kier alpha value is -5.88. The van der Waals surface area contributed by atoms with Gasteiger partial charge in [-0.25, -0.2) is 8.78 Å². The number of piperidine rings is 2. The van der Waals surface area contributed by atoms with Crippen LogP contribution < -0.4 is 5.32 Å². The summed E-state index contributed by atoms with van der Waals surface area (Å²) in [7, 11) is 0. The van der Waals surface area contributed by atoms with E-state index in [1.807, 2.05) is 41.4 Å². The van der Waals surface area contributed by atoms with Crippen LogP contribution in [-0.2, 0) is 20.9 Å². The number of morpholine rings is 1. The monoisotopic (exact) mass is 841 g/mol. The van der Waals surface area contributed by atoms with Gasteiger partial charge in [0.05, 0.1) is 41.5 Å². The molecule has 0 aliphatic carbocycles. The van der Waals surface area contributed by atoms with Gasteiger partial charge in [-0.05, 0) is 80.6 Å². The minimum absolute atomic E-state index is 0.0164. The first kappa shape index (κ1) is 41.5. The molecular formula is C48H49F2N7O5. The molecule has 0 bridgehead atoms. The minimum atomic E-state index is -0.989. The fourth-order valence-electron chi connectivity index (χ4n) is 9.25. The van der Waals surface area contributed by atoms with Gasteiger partial charge >= 0.3 is 0 Å². The van der Waals surface area contributed by atoms with E-state index < -0.39 is 41.3 Å². The van der Waals surface area contributed by atoms with Crippen molar-refractivity contribution >= 4 is 40.7 Å². The van der Waals surface area contributed by atoms with E-state index in [0.29, 0.717) is 54.6 Å². The first-order valence-corrected chi connectivity index (χ1v) is 21.8. The predicted octanol–water partition coefficient (Wildman–Crippen LogP) is 5.87. The zero-order valence-corrected chi connectivity index (χ0v) is 34.6. The van der Waals surface area contributed by atoms with E-state index in [2.05, 4.69) is 27.1 Å². The highest BCUT2D eigenvalue weighted by Crippen LogP contribution is 2.33. The number of benzene rings is 3. The average Bonchev–Trinajstić information content (AvgIpc) is 3.87. The number of rotatable bonds is 11. The van der Waals surface area contributed by atoms with Crippen molar-refractivity contribution in [1.82, 2.24) is 30.0 Å². The number of pyridine rings is 1. The number of hydrazone groups is 1. The molecule has 1 aromatic heterocycles. The van der Waals surface area contributed by atoms with Crippen LogP contribution in [0.4, 0.5) is 8.78 Å². The Morgan fingerprint density at radius 2 is 1.60 bits per heavy atom. The highest BCUT2D eigenvalue weighted by Gasteiger charge is 2.44. The van der Waals surface area contributed by atoms with Gasteiger partial charge < -0.3 is 9.64 Å². The van der Waals surface area contributed by atoms with E-state index in [0.717, 1.165) is 80.7 Å². The van der Waals surface area contributed by atoms with Crippen LogP contribution in [0.15, 0.2) is 65.8 Å². The van der Waals surface area contributed by atoms with Crippen molar-refractivity contribution in [2.75, 3.05) is 52.5 Å². The molecule has 3 saturated heterocycles. The molecule has 1 N–H and O–H groups in total. The molecule has 4 amide bonds. The lowest BCUT2D eigenvalue weighted by molar-refractivity contribution is -0.136. The van der Waals surface area contributed by atoms with Crippen LogP contribution in [0.3, 0.4) is 0 Å². The molecule has 6 heterocycles. The summed E-state index contributed by atoms with van der Waals surface area (Å²) in [6.45, 7) is 6.44. The normalized spacial score (nSPS) is 21.1. The first-order valence-electron chi connectivity index (χ1n) is 21.8. The van der Waals surface area contributed by atoms with Crippen LogP contribution in [0.2, 0.25) is 0 Å². The van der Waals surface area contributed by atoms with Crippen molar-refractivity contribution in [2.24, 2.45) is 5.10 Å². The maximum Gasteiger partial charge on any atom is 0.262 e. The largest absolute Gasteiger partial charge is 0.379 e.